The molecule has 0 aliphatic carbocycles. The van der Waals surface area contributed by atoms with E-state index in [0.717, 1.165) is 6.54 Å². The lowest BCUT2D eigenvalue weighted by molar-refractivity contribution is 0.648. The Morgan fingerprint density at radius 1 is 1.29 bits per heavy atom. The van der Waals surface area contributed by atoms with Crippen molar-refractivity contribution < 1.29 is 0 Å². The first-order valence-electron chi connectivity index (χ1n) is 6.33. The molecular weight excluding hydrogens is 208 g/mol. The van der Waals surface area contributed by atoms with Crippen molar-refractivity contribution in [1.82, 2.24) is 5.32 Å². The van der Waals surface area contributed by atoms with Crippen molar-refractivity contribution in [3.8, 4) is 12.3 Å². The van der Waals surface area contributed by atoms with Crippen LogP contribution in [0.4, 0.5) is 5.69 Å². The first kappa shape index (κ1) is 12.0. The predicted molar refractivity (Wildman–Crippen MR) is 73.0 cm³/mol. The number of hydrogen-bond acceptors (Lipinski definition) is 2. The van der Waals surface area contributed by atoms with E-state index < -0.39 is 0 Å². The van der Waals surface area contributed by atoms with Gasteiger partial charge in [-0.2, -0.15) is 0 Å². The number of hydrogen-bond donors (Lipinski definition) is 1. The summed E-state index contributed by atoms with van der Waals surface area (Å²) in [7, 11) is 0. The zero-order chi connectivity index (χ0) is 12.1. The lowest BCUT2D eigenvalue weighted by atomic mass is 10.2. The number of terminal acetylenes is 1. The molecule has 0 saturated carbocycles. The maximum atomic E-state index is 5.32. The summed E-state index contributed by atoms with van der Waals surface area (Å²) in [5, 5.41) is 3.29. The standard InChI is InChI=1S/C15H20N2/c1-3-13(2)16-12-14-6-8-15(9-7-14)17-10-4-5-11-17/h1,6-9,13,16H,4-5,10-12H2,2H3. The van der Waals surface area contributed by atoms with E-state index in [2.05, 4.69) is 40.4 Å². The van der Waals surface area contributed by atoms with Gasteiger partial charge < -0.3 is 4.90 Å². The van der Waals surface area contributed by atoms with Gasteiger partial charge in [0, 0.05) is 25.3 Å². The Morgan fingerprint density at radius 2 is 1.94 bits per heavy atom. The zero-order valence-corrected chi connectivity index (χ0v) is 10.4. The second kappa shape index (κ2) is 5.75. The molecular formula is C15H20N2. The van der Waals surface area contributed by atoms with Crippen molar-refractivity contribution in [2.24, 2.45) is 0 Å². The van der Waals surface area contributed by atoms with Gasteiger partial charge in [-0.05, 0) is 37.5 Å². The Balaban J connectivity index is 1.91. The molecule has 90 valence electrons. The molecule has 0 bridgehead atoms. The molecule has 1 saturated heterocycles. The summed E-state index contributed by atoms with van der Waals surface area (Å²) in [6.45, 7) is 5.24. The van der Waals surface area contributed by atoms with E-state index in [4.69, 9.17) is 6.42 Å². The lowest BCUT2D eigenvalue weighted by Crippen LogP contribution is -2.23. The van der Waals surface area contributed by atoms with E-state index in [1.807, 2.05) is 6.92 Å². The maximum Gasteiger partial charge on any atom is 0.0660 e. The van der Waals surface area contributed by atoms with E-state index >= 15 is 0 Å². The number of anilines is 1. The third-order valence-corrected chi connectivity index (χ3v) is 3.27. The fourth-order valence-corrected chi connectivity index (χ4v) is 2.13. The Labute approximate surface area is 104 Å². The summed E-state index contributed by atoms with van der Waals surface area (Å²) in [6.07, 6.45) is 7.97. The Bertz CT molecular complexity index is 382. The molecule has 1 heterocycles. The van der Waals surface area contributed by atoms with Crippen LogP contribution >= 0.6 is 0 Å². The second-order valence-corrected chi connectivity index (χ2v) is 4.63. The van der Waals surface area contributed by atoms with E-state index in [1.54, 1.807) is 0 Å². The lowest BCUT2D eigenvalue weighted by Gasteiger charge is -2.18. The van der Waals surface area contributed by atoms with E-state index in [9.17, 15) is 0 Å². The second-order valence-electron chi connectivity index (χ2n) is 4.63. The van der Waals surface area contributed by atoms with Gasteiger partial charge in [0.1, 0.15) is 0 Å². The Hall–Kier alpha value is -1.46. The predicted octanol–water partition coefficient (Wildman–Crippen LogP) is 2.40. The molecule has 1 aromatic rings. The van der Waals surface area contributed by atoms with Crippen molar-refractivity contribution in [3.05, 3.63) is 29.8 Å². The van der Waals surface area contributed by atoms with E-state index in [1.165, 1.54) is 37.2 Å². The van der Waals surface area contributed by atoms with Crippen molar-refractivity contribution in [2.75, 3.05) is 18.0 Å². The number of rotatable bonds is 4. The molecule has 1 aliphatic heterocycles. The van der Waals surface area contributed by atoms with Crippen molar-refractivity contribution in [3.63, 3.8) is 0 Å². The minimum absolute atomic E-state index is 0.133. The topological polar surface area (TPSA) is 15.3 Å². The monoisotopic (exact) mass is 228 g/mol. The van der Waals surface area contributed by atoms with Gasteiger partial charge in [0.15, 0.2) is 0 Å². The molecule has 1 unspecified atom stereocenters. The van der Waals surface area contributed by atoms with Crippen LogP contribution in [0.2, 0.25) is 0 Å². The SMILES string of the molecule is C#CC(C)NCc1ccc(N2CCCC2)cc1. The fourth-order valence-electron chi connectivity index (χ4n) is 2.13. The minimum atomic E-state index is 0.133. The molecule has 1 aromatic carbocycles. The summed E-state index contributed by atoms with van der Waals surface area (Å²) in [6, 6.07) is 8.92. The van der Waals surface area contributed by atoms with Crippen molar-refractivity contribution >= 4 is 5.69 Å². The highest BCUT2D eigenvalue weighted by atomic mass is 15.1. The van der Waals surface area contributed by atoms with Crippen molar-refractivity contribution in [1.29, 1.82) is 0 Å². The van der Waals surface area contributed by atoms with E-state index in [-0.39, 0.29) is 6.04 Å². The highest BCUT2D eigenvalue weighted by Gasteiger charge is 2.11. The molecule has 2 heteroatoms. The van der Waals surface area contributed by atoms with Crippen LogP contribution in [0.5, 0.6) is 0 Å². The number of nitrogens with one attached hydrogen (secondary N) is 1. The van der Waals surface area contributed by atoms with Crippen LogP contribution in [0.1, 0.15) is 25.3 Å². The average Bonchev–Trinajstić information content (AvgIpc) is 2.90. The summed E-state index contributed by atoms with van der Waals surface area (Å²) in [5.74, 6) is 2.67. The van der Waals surface area contributed by atoms with Gasteiger partial charge in [0.05, 0.1) is 6.04 Å². The summed E-state index contributed by atoms with van der Waals surface area (Å²) >= 11 is 0. The highest BCUT2D eigenvalue weighted by Crippen LogP contribution is 2.20. The molecule has 2 rings (SSSR count). The van der Waals surface area contributed by atoms with Crippen LogP contribution in [0.25, 0.3) is 0 Å². The average molecular weight is 228 g/mol. The van der Waals surface area contributed by atoms with Crippen LogP contribution in [-0.2, 0) is 6.54 Å². The molecule has 0 amide bonds. The van der Waals surface area contributed by atoms with Gasteiger partial charge in [-0.15, -0.1) is 6.42 Å². The molecule has 1 N–H and O–H groups in total. The van der Waals surface area contributed by atoms with Gasteiger partial charge in [-0.1, -0.05) is 18.1 Å². The molecule has 0 radical (unpaired) electrons. The third kappa shape index (κ3) is 3.25. The summed E-state index contributed by atoms with van der Waals surface area (Å²) < 4.78 is 0. The first-order chi connectivity index (χ1) is 8.29. The molecule has 1 fully saturated rings. The van der Waals surface area contributed by atoms with Crippen LogP contribution < -0.4 is 10.2 Å². The zero-order valence-electron chi connectivity index (χ0n) is 10.4. The summed E-state index contributed by atoms with van der Waals surface area (Å²) in [4.78, 5) is 2.45. The Kier molecular flexibility index (Phi) is 4.06. The smallest absolute Gasteiger partial charge is 0.0660 e. The molecule has 0 spiro atoms. The first-order valence-corrected chi connectivity index (χ1v) is 6.33. The Morgan fingerprint density at radius 3 is 2.53 bits per heavy atom. The number of benzene rings is 1. The summed E-state index contributed by atoms with van der Waals surface area (Å²) in [5.41, 5.74) is 2.63. The van der Waals surface area contributed by atoms with Gasteiger partial charge >= 0.3 is 0 Å². The van der Waals surface area contributed by atoms with Crippen molar-refractivity contribution in [2.45, 2.75) is 32.4 Å². The molecule has 1 aliphatic rings. The van der Waals surface area contributed by atoms with Gasteiger partial charge in [0.2, 0.25) is 0 Å². The van der Waals surface area contributed by atoms with Gasteiger partial charge in [0.25, 0.3) is 0 Å². The molecule has 0 aromatic heterocycles. The maximum absolute atomic E-state index is 5.32. The highest BCUT2D eigenvalue weighted by molar-refractivity contribution is 5.48. The van der Waals surface area contributed by atoms with Gasteiger partial charge in [-0.3, -0.25) is 5.32 Å². The van der Waals surface area contributed by atoms with Gasteiger partial charge in [-0.25, -0.2) is 0 Å². The van der Waals surface area contributed by atoms with Crippen LogP contribution in [0.15, 0.2) is 24.3 Å². The normalized spacial score (nSPS) is 16.8. The molecule has 1 atom stereocenters. The quantitative estimate of drug-likeness (QED) is 0.796. The molecule has 17 heavy (non-hydrogen) atoms. The van der Waals surface area contributed by atoms with E-state index in [0.29, 0.717) is 0 Å². The van der Waals surface area contributed by atoms with Crippen LogP contribution in [-0.4, -0.2) is 19.1 Å². The molecule has 2 nitrogen and oxygen atoms in total. The van der Waals surface area contributed by atoms with Crippen LogP contribution in [0, 0.1) is 12.3 Å². The minimum Gasteiger partial charge on any atom is -0.372 e. The fraction of sp³-hybridized carbons (Fsp3) is 0.467. The third-order valence-electron chi connectivity index (χ3n) is 3.27. The van der Waals surface area contributed by atoms with Crippen LogP contribution in [0.3, 0.4) is 0 Å². The largest absolute Gasteiger partial charge is 0.372 e. The number of nitrogens with zero attached hydrogens (tertiary/aromatic N) is 1.